The SMILES string of the molecule is CCCn1nccc1C(CC1CCCCO1)NC. The van der Waals surface area contributed by atoms with Gasteiger partial charge in [-0.25, -0.2) is 0 Å². The average molecular weight is 251 g/mol. The summed E-state index contributed by atoms with van der Waals surface area (Å²) in [6, 6.07) is 2.47. The molecule has 2 heterocycles. The number of nitrogens with one attached hydrogen (secondary N) is 1. The van der Waals surface area contributed by atoms with E-state index in [-0.39, 0.29) is 0 Å². The van der Waals surface area contributed by atoms with E-state index in [9.17, 15) is 0 Å². The predicted molar refractivity (Wildman–Crippen MR) is 72.5 cm³/mol. The summed E-state index contributed by atoms with van der Waals surface area (Å²) >= 11 is 0. The Labute approximate surface area is 110 Å². The highest BCUT2D eigenvalue weighted by atomic mass is 16.5. The van der Waals surface area contributed by atoms with Crippen LogP contribution in [0.5, 0.6) is 0 Å². The molecule has 102 valence electrons. The topological polar surface area (TPSA) is 39.1 Å². The van der Waals surface area contributed by atoms with Crippen molar-refractivity contribution in [3.63, 3.8) is 0 Å². The van der Waals surface area contributed by atoms with Gasteiger partial charge < -0.3 is 10.1 Å². The number of rotatable bonds is 6. The van der Waals surface area contributed by atoms with E-state index >= 15 is 0 Å². The Kier molecular flexibility index (Phi) is 5.20. The molecule has 0 bridgehead atoms. The summed E-state index contributed by atoms with van der Waals surface area (Å²) in [5.74, 6) is 0. The Morgan fingerprint density at radius 3 is 3.11 bits per heavy atom. The smallest absolute Gasteiger partial charge is 0.0593 e. The minimum atomic E-state index is 0.349. The predicted octanol–water partition coefficient (Wildman–Crippen LogP) is 2.51. The van der Waals surface area contributed by atoms with Crippen molar-refractivity contribution in [2.75, 3.05) is 13.7 Å². The number of aromatic nitrogens is 2. The van der Waals surface area contributed by atoms with Crippen molar-refractivity contribution in [2.45, 2.75) is 57.7 Å². The summed E-state index contributed by atoms with van der Waals surface area (Å²) in [4.78, 5) is 0. The van der Waals surface area contributed by atoms with Gasteiger partial charge in [0.05, 0.1) is 17.8 Å². The Morgan fingerprint density at radius 1 is 1.56 bits per heavy atom. The largest absolute Gasteiger partial charge is 0.378 e. The van der Waals surface area contributed by atoms with Crippen LogP contribution in [0.1, 0.15) is 50.8 Å². The molecule has 2 atom stereocenters. The van der Waals surface area contributed by atoms with Crippen LogP contribution in [0.2, 0.25) is 0 Å². The second kappa shape index (κ2) is 6.90. The fourth-order valence-corrected chi connectivity index (χ4v) is 2.68. The van der Waals surface area contributed by atoms with Crippen molar-refractivity contribution >= 4 is 0 Å². The molecule has 4 heteroatoms. The highest BCUT2D eigenvalue weighted by Gasteiger charge is 2.21. The van der Waals surface area contributed by atoms with Crippen molar-refractivity contribution in [3.8, 4) is 0 Å². The summed E-state index contributed by atoms with van der Waals surface area (Å²) in [7, 11) is 2.02. The van der Waals surface area contributed by atoms with Gasteiger partial charge in [0.1, 0.15) is 0 Å². The first kappa shape index (κ1) is 13.6. The second-order valence-electron chi connectivity index (χ2n) is 5.04. The molecule has 1 aromatic rings. The monoisotopic (exact) mass is 251 g/mol. The maximum absolute atomic E-state index is 5.84. The maximum atomic E-state index is 5.84. The van der Waals surface area contributed by atoms with Crippen LogP contribution in [0.3, 0.4) is 0 Å². The third-order valence-electron chi connectivity index (χ3n) is 3.66. The minimum absolute atomic E-state index is 0.349. The molecule has 1 aromatic heterocycles. The average Bonchev–Trinajstić information content (AvgIpc) is 2.86. The zero-order valence-corrected chi connectivity index (χ0v) is 11.6. The molecule has 0 aliphatic carbocycles. The van der Waals surface area contributed by atoms with Gasteiger partial charge in [0.25, 0.3) is 0 Å². The van der Waals surface area contributed by atoms with Gasteiger partial charge in [-0.2, -0.15) is 5.10 Å². The Morgan fingerprint density at radius 2 is 2.44 bits per heavy atom. The van der Waals surface area contributed by atoms with Crippen molar-refractivity contribution in [1.29, 1.82) is 0 Å². The number of hydrogen-bond donors (Lipinski definition) is 1. The van der Waals surface area contributed by atoms with E-state index < -0.39 is 0 Å². The fourth-order valence-electron chi connectivity index (χ4n) is 2.68. The summed E-state index contributed by atoms with van der Waals surface area (Å²) in [6.07, 6.45) is 8.18. The molecule has 1 saturated heterocycles. The number of hydrogen-bond acceptors (Lipinski definition) is 3. The third kappa shape index (κ3) is 3.33. The lowest BCUT2D eigenvalue weighted by Gasteiger charge is -2.27. The third-order valence-corrected chi connectivity index (χ3v) is 3.66. The standard InChI is InChI=1S/C14H25N3O/c1-3-9-17-14(7-8-16-17)13(15-2)11-12-6-4-5-10-18-12/h7-8,12-13,15H,3-6,9-11H2,1-2H3. The lowest BCUT2D eigenvalue weighted by Crippen LogP contribution is -2.28. The van der Waals surface area contributed by atoms with Gasteiger partial charge >= 0.3 is 0 Å². The van der Waals surface area contributed by atoms with Gasteiger partial charge in [-0.1, -0.05) is 6.92 Å². The van der Waals surface area contributed by atoms with E-state index in [2.05, 4.69) is 28.1 Å². The second-order valence-corrected chi connectivity index (χ2v) is 5.04. The molecular formula is C14H25N3O. The van der Waals surface area contributed by atoms with Crippen molar-refractivity contribution in [3.05, 3.63) is 18.0 Å². The minimum Gasteiger partial charge on any atom is -0.378 e. The van der Waals surface area contributed by atoms with Crippen molar-refractivity contribution in [1.82, 2.24) is 15.1 Å². The first-order chi connectivity index (χ1) is 8.85. The highest BCUT2D eigenvalue weighted by Crippen LogP contribution is 2.24. The van der Waals surface area contributed by atoms with E-state index in [1.165, 1.54) is 25.0 Å². The first-order valence-corrected chi connectivity index (χ1v) is 7.15. The summed E-state index contributed by atoms with van der Waals surface area (Å²) in [5, 5.41) is 7.81. The summed E-state index contributed by atoms with van der Waals surface area (Å²) in [6.45, 7) is 4.10. The van der Waals surface area contributed by atoms with E-state index in [1.54, 1.807) is 0 Å². The fraction of sp³-hybridized carbons (Fsp3) is 0.786. The van der Waals surface area contributed by atoms with Gasteiger partial charge in [0.15, 0.2) is 0 Å². The van der Waals surface area contributed by atoms with Crippen LogP contribution in [0.4, 0.5) is 0 Å². The van der Waals surface area contributed by atoms with E-state index in [0.717, 1.165) is 26.0 Å². The molecule has 1 aliphatic heterocycles. The van der Waals surface area contributed by atoms with Crippen LogP contribution in [0, 0.1) is 0 Å². The number of aryl methyl sites for hydroxylation is 1. The summed E-state index contributed by atoms with van der Waals surface area (Å²) < 4.78 is 7.95. The maximum Gasteiger partial charge on any atom is 0.0593 e. The van der Waals surface area contributed by atoms with Gasteiger partial charge in [0.2, 0.25) is 0 Å². The van der Waals surface area contributed by atoms with Crippen LogP contribution in [0.25, 0.3) is 0 Å². The molecule has 0 amide bonds. The zero-order valence-electron chi connectivity index (χ0n) is 11.6. The van der Waals surface area contributed by atoms with Gasteiger partial charge in [-0.05, 0) is 45.2 Å². The molecular weight excluding hydrogens is 226 g/mol. The Balaban J connectivity index is 2.00. The van der Waals surface area contributed by atoms with Gasteiger partial charge in [-0.3, -0.25) is 4.68 Å². The lowest BCUT2D eigenvalue weighted by molar-refractivity contribution is 0.00497. The number of nitrogens with zero attached hydrogens (tertiary/aromatic N) is 2. The molecule has 1 fully saturated rings. The molecule has 0 radical (unpaired) electrons. The van der Waals surface area contributed by atoms with Crippen LogP contribution in [0.15, 0.2) is 12.3 Å². The quantitative estimate of drug-likeness (QED) is 0.844. The van der Waals surface area contributed by atoms with Crippen LogP contribution >= 0.6 is 0 Å². The van der Waals surface area contributed by atoms with E-state index in [0.29, 0.717) is 12.1 Å². The van der Waals surface area contributed by atoms with Crippen LogP contribution < -0.4 is 5.32 Å². The first-order valence-electron chi connectivity index (χ1n) is 7.15. The normalized spacial score (nSPS) is 22.0. The van der Waals surface area contributed by atoms with E-state index in [4.69, 9.17) is 4.74 Å². The Hall–Kier alpha value is -0.870. The molecule has 1 N–H and O–H groups in total. The lowest BCUT2D eigenvalue weighted by atomic mass is 10.00. The highest BCUT2D eigenvalue weighted by molar-refractivity contribution is 5.07. The van der Waals surface area contributed by atoms with Crippen LogP contribution in [-0.2, 0) is 11.3 Å². The Bertz CT molecular complexity index is 345. The molecule has 0 aromatic carbocycles. The molecule has 2 unspecified atom stereocenters. The molecule has 2 rings (SSSR count). The molecule has 0 spiro atoms. The summed E-state index contributed by atoms with van der Waals surface area (Å²) in [5.41, 5.74) is 1.29. The van der Waals surface area contributed by atoms with Crippen molar-refractivity contribution < 1.29 is 4.74 Å². The van der Waals surface area contributed by atoms with Crippen molar-refractivity contribution in [2.24, 2.45) is 0 Å². The molecule has 18 heavy (non-hydrogen) atoms. The molecule has 1 aliphatic rings. The van der Waals surface area contributed by atoms with E-state index in [1.807, 2.05) is 13.2 Å². The van der Waals surface area contributed by atoms with Crippen LogP contribution in [-0.4, -0.2) is 29.5 Å². The number of ether oxygens (including phenoxy) is 1. The van der Waals surface area contributed by atoms with Gasteiger partial charge in [0, 0.05) is 19.3 Å². The van der Waals surface area contributed by atoms with Gasteiger partial charge in [-0.15, -0.1) is 0 Å². The zero-order chi connectivity index (χ0) is 12.8. The molecule has 4 nitrogen and oxygen atoms in total. The molecule has 0 saturated carbocycles.